The molecule has 4 nitrogen and oxygen atoms in total. The highest BCUT2D eigenvalue weighted by molar-refractivity contribution is 9.10. The topological polar surface area (TPSA) is 49.4 Å². The number of benzene rings is 2. The van der Waals surface area contributed by atoms with Crippen LogP contribution in [0.25, 0.3) is 6.08 Å². The van der Waals surface area contributed by atoms with Gasteiger partial charge >= 0.3 is 0 Å². The molecule has 0 atom stereocenters. The molecule has 124 valence electrons. The zero-order chi connectivity index (χ0) is 17.5. The number of carbonyl (C=O) groups excluding carboxylic acids is 2. The monoisotopic (exact) mass is 386 g/mol. The van der Waals surface area contributed by atoms with Crippen molar-refractivity contribution in [3.8, 4) is 0 Å². The van der Waals surface area contributed by atoms with Crippen molar-refractivity contribution in [1.82, 2.24) is 4.90 Å². The molecular weight excluding hydrogens is 368 g/mol. The fraction of sp³-hybridized carbons (Fsp3) is 0.158. The highest BCUT2D eigenvalue weighted by Gasteiger charge is 2.05. The van der Waals surface area contributed by atoms with Gasteiger partial charge in [0.2, 0.25) is 11.8 Å². The smallest absolute Gasteiger partial charge is 0.248 e. The largest absolute Gasteiger partial charge is 0.342 e. The molecule has 2 amide bonds. The van der Waals surface area contributed by atoms with Crippen molar-refractivity contribution >= 4 is 39.5 Å². The van der Waals surface area contributed by atoms with Gasteiger partial charge in [0, 0.05) is 36.8 Å². The predicted molar refractivity (Wildman–Crippen MR) is 100 cm³/mol. The molecule has 2 rings (SSSR count). The summed E-state index contributed by atoms with van der Waals surface area (Å²) in [5, 5.41) is 2.83. The number of hydrogen-bond acceptors (Lipinski definition) is 2. The molecule has 1 N–H and O–H groups in total. The Bertz CT molecular complexity index is 771. The second kappa shape index (κ2) is 8.45. The lowest BCUT2D eigenvalue weighted by Crippen LogP contribution is -2.23. The van der Waals surface area contributed by atoms with Crippen LogP contribution in [-0.2, 0) is 16.1 Å². The molecule has 0 bridgehead atoms. The van der Waals surface area contributed by atoms with Crippen LogP contribution in [0.4, 0.5) is 5.69 Å². The molecule has 0 aliphatic heterocycles. The van der Waals surface area contributed by atoms with E-state index in [2.05, 4.69) is 21.2 Å². The van der Waals surface area contributed by atoms with E-state index in [0.29, 0.717) is 12.2 Å². The van der Waals surface area contributed by atoms with Crippen LogP contribution < -0.4 is 5.32 Å². The molecule has 2 aromatic rings. The molecule has 0 saturated heterocycles. The lowest BCUT2D eigenvalue weighted by Gasteiger charge is -2.15. The van der Waals surface area contributed by atoms with Gasteiger partial charge in [-0.3, -0.25) is 9.59 Å². The average molecular weight is 387 g/mol. The maximum atomic E-state index is 12.0. The third-order valence-electron chi connectivity index (χ3n) is 3.43. The van der Waals surface area contributed by atoms with Gasteiger partial charge in [0.05, 0.1) is 0 Å². The minimum absolute atomic E-state index is 0.00129. The van der Waals surface area contributed by atoms with Gasteiger partial charge in [-0.25, -0.2) is 0 Å². The van der Waals surface area contributed by atoms with Crippen LogP contribution in [0, 0.1) is 0 Å². The maximum absolute atomic E-state index is 12.0. The van der Waals surface area contributed by atoms with Crippen LogP contribution in [0.15, 0.2) is 59.1 Å². The van der Waals surface area contributed by atoms with Gasteiger partial charge in [-0.05, 0) is 41.5 Å². The van der Waals surface area contributed by atoms with Crippen molar-refractivity contribution in [3.05, 3.63) is 70.2 Å². The molecule has 0 aromatic heterocycles. The van der Waals surface area contributed by atoms with Gasteiger partial charge in [-0.2, -0.15) is 0 Å². The molecular formula is C19H19BrN2O2. The summed E-state index contributed by atoms with van der Waals surface area (Å²) in [6.07, 6.45) is 3.25. The first kappa shape index (κ1) is 17.9. The zero-order valence-corrected chi connectivity index (χ0v) is 15.2. The van der Waals surface area contributed by atoms with Gasteiger partial charge in [0.1, 0.15) is 0 Å². The number of rotatable bonds is 5. The summed E-state index contributed by atoms with van der Waals surface area (Å²) < 4.78 is 0.965. The van der Waals surface area contributed by atoms with E-state index in [0.717, 1.165) is 15.6 Å². The summed E-state index contributed by atoms with van der Waals surface area (Å²) in [6.45, 7) is 2.03. The molecule has 5 heteroatoms. The van der Waals surface area contributed by atoms with E-state index in [1.54, 1.807) is 18.0 Å². The van der Waals surface area contributed by atoms with Crippen LogP contribution in [-0.4, -0.2) is 23.8 Å². The number of anilines is 1. The Morgan fingerprint density at radius 3 is 2.62 bits per heavy atom. The lowest BCUT2D eigenvalue weighted by atomic mass is 10.2. The third-order valence-corrected chi connectivity index (χ3v) is 3.92. The number of amides is 2. The SMILES string of the molecule is CC(=O)N(C)Cc1cccc(NC(=O)/C=C/c2cccc(Br)c2)c1. The fourth-order valence-electron chi connectivity index (χ4n) is 2.10. The van der Waals surface area contributed by atoms with Gasteiger partial charge in [0.25, 0.3) is 0 Å². The van der Waals surface area contributed by atoms with Crippen LogP contribution >= 0.6 is 15.9 Å². The molecule has 2 aromatic carbocycles. The van der Waals surface area contributed by atoms with Crippen LogP contribution in [0.2, 0.25) is 0 Å². The highest BCUT2D eigenvalue weighted by Crippen LogP contribution is 2.14. The lowest BCUT2D eigenvalue weighted by molar-refractivity contribution is -0.128. The summed E-state index contributed by atoms with van der Waals surface area (Å²) in [5.74, 6) is -0.201. The Hall–Kier alpha value is -2.40. The van der Waals surface area contributed by atoms with Crippen molar-refractivity contribution < 1.29 is 9.59 Å². The van der Waals surface area contributed by atoms with Crippen LogP contribution in [0.1, 0.15) is 18.1 Å². The molecule has 0 heterocycles. The Morgan fingerprint density at radius 2 is 1.92 bits per heavy atom. The number of nitrogens with one attached hydrogen (secondary N) is 1. The van der Waals surface area contributed by atoms with Gasteiger partial charge in [-0.15, -0.1) is 0 Å². The summed E-state index contributed by atoms with van der Waals surface area (Å²) in [7, 11) is 1.74. The second-order valence-corrected chi connectivity index (χ2v) is 6.37. The van der Waals surface area contributed by atoms with Crippen LogP contribution in [0.3, 0.4) is 0 Å². The maximum Gasteiger partial charge on any atom is 0.248 e. The molecule has 0 radical (unpaired) electrons. The van der Waals surface area contributed by atoms with Crippen molar-refractivity contribution in [2.45, 2.75) is 13.5 Å². The highest BCUT2D eigenvalue weighted by atomic mass is 79.9. The Morgan fingerprint density at radius 1 is 1.17 bits per heavy atom. The average Bonchev–Trinajstić information content (AvgIpc) is 2.53. The Balaban J connectivity index is 2.00. The van der Waals surface area contributed by atoms with Crippen molar-refractivity contribution in [1.29, 1.82) is 0 Å². The van der Waals surface area contributed by atoms with Gasteiger partial charge < -0.3 is 10.2 Å². The Labute approximate surface area is 150 Å². The first-order chi connectivity index (χ1) is 11.4. The number of halogens is 1. The molecule has 0 fully saturated rings. The molecule has 0 aliphatic carbocycles. The van der Waals surface area contributed by atoms with Crippen LogP contribution in [0.5, 0.6) is 0 Å². The molecule has 0 saturated carbocycles. The Kier molecular flexibility index (Phi) is 6.32. The van der Waals surface area contributed by atoms with Crippen molar-refractivity contribution in [3.63, 3.8) is 0 Å². The number of hydrogen-bond donors (Lipinski definition) is 1. The molecule has 0 aliphatic rings. The van der Waals surface area contributed by atoms with E-state index in [9.17, 15) is 9.59 Å². The minimum atomic E-state index is -0.202. The normalized spacial score (nSPS) is 10.6. The number of carbonyl (C=O) groups is 2. The molecule has 0 unspecified atom stereocenters. The second-order valence-electron chi connectivity index (χ2n) is 5.45. The fourth-order valence-corrected chi connectivity index (χ4v) is 2.52. The van der Waals surface area contributed by atoms with E-state index in [4.69, 9.17) is 0 Å². The van der Waals surface area contributed by atoms with E-state index < -0.39 is 0 Å². The van der Waals surface area contributed by atoms with Crippen molar-refractivity contribution in [2.24, 2.45) is 0 Å². The van der Waals surface area contributed by atoms with E-state index in [1.807, 2.05) is 48.5 Å². The third kappa shape index (κ3) is 5.66. The van der Waals surface area contributed by atoms with Gasteiger partial charge in [0.15, 0.2) is 0 Å². The molecule has 0 spiro atoms. The van der Waals surface area contributed by atoms with E-state index in [-0.39, 0.29) is 11.8 Å². The summed E-state index contributed by atoms with van der Waals surface area (Å²) >= 11 is 3.40. The summed E-state index contributed by atoms with van der Waals surface area (Å²) in [6, 6.07) is 15.2. The minimum Gasteiger partial charge on any atom is -0.342 e. The first-order valence-corrected chi connectivity index (χ1v) is 8.28. The standard InChI is InChI=1S/C19H19BrN2O2/c1-14(23)22(2)13-16-6-4-8-18(12-16)21-19(24)10-9-15-5-3-7-17(20)11-15/h3-12H,13H2,1-2H3,(H,21,24)/b10-9+. The van der Waals surface area contributed by atoms with E-state index >= 15 is 0 Å². The summed E-state index contributed by atoms with van der Waals surface area (Å²) in [4.78, 5) is 25.0. The zero-order valence-electron chi connectivity index (χ0n) is 13.6. The number of nitrogens with zero attached hydrogens (tertiary/aromatic N) is 1. The molecule has 24 heavy (non-hydrogen) atoms. The summed E-state index contributed by atoms with van der Waals surface area (Å²) in [5.41, 5.74) is 2.60. The van der Waals surface area contributed by atoms with Crippen molar-refractivity contribution in [2.75, 3.05) is 12.4 Å². The quantitative estimate of drug-likeness (QED) is 0.786. The van der Waals surface area contributed by atoms with Gasteiger partial charge in [-0.1, -0.05) is 40.2 Å². The van der Waals surface area contributed by atoms with E-state index in [1.165, 1.54) is 13.0 Å². The predicted octanol–water partition coefficient (Wildman–Crippen LogP) is 4.08. The first-order valence-electron chi connectivity index (χ1n) is 7.49.